The molecule has 0 saturated heterocycles. The van der Waals surface area contributed by atoms with E-state index in [1.807, 2.05) is 18.2 Å². The van der Waals surface area contributed by atoms with Crippen LogP contribution >= 0.6 is 23.2 Å². The van der Waals surface area contributed by atoms with Crippen LogP contribution in [0.15, 0.2) is 48.5 Å². The maximum atomic E-state index is 10.1. The molecule has 0 fully saturated rings. The smallest absolute Gasteiger partial charge is 0.0846 e. The van der Waals surface area contributed by atoms with Crippen LogP contribution in [0.3, 0.4) is 0 Å². The number of hydrogen-bond donors (Lipinski definition) is 0. The first-order chi connectivity index (χ1) is 12.8. The molecule has 0 radical (unpaired) electrons. The van der Waals surface area contributed by atoms with Crippen molar-refractivity contribution < 1.29 is 0 Å². The van der Waals surface area contributed by atoms with E-state index >= 15 is 0 Å². The highest BCUT2D eigenvalue weighted by Gasteiger charge is 2.36. The SMILES string of the molecule is CC(c1ccccc1)N(C)CCCC(C#N)(c1ccc(Cl)c(Cl)c1)C(C)C. The summed E-state index contributed by atoms with van der Waals surface area (Å²) in [5, 5.41) is 11.1. The number of nitriles is 1. The number of hydrogen-bond acceptors (Lipinski definition) is 2. The Balaban J connectivity index is 2.11. The third-order valence-electron chi connectivity index (χ3n) is 5.64. The molecule has 0 amide bonds. The van der Waals surface area contributed by atoms with E-state index in [1.165, 1.54) is 5.56 Å². The lowest BCUT2D eigenvalue weighted by molar-refractivity contribution is 0.241. The molecular formula is C23H28Cl2N2. The van der Waals surface area contributed by atoms with Gasteiger partial charge in [0.1, 0.15) is 0 Å². The molecule has 27 heavy (non-hydrogen) atoms. The Morgan fingerprint density at radius 2 is 1.70 bits per heavy atom. The van der Waals surface area contributed by atoms with Crippen molar-refractivity contribution in [2.24, 2.45) is 5.92 Å². The van der Waals surface area contributed by atoms with Gasteiger partial charge in [-0.1, -0.05) is 73.4 Å². The van der Waals surface area contributed by atoms with Gasteiger partial charge in [0, 0.05) is 6.04 Å². The summed E-state index contributed by atoms with van der Waals surface area (Å²) in [6, 6.07) is 19.0. The van der Waals surface area contributed by atoms with Crippen molar-refractivity contribution >= 4 is 23.2 Å². The third-order valence-corrected chi connectivity index (χ3v) is 6.38. The fourth-order valence-corrected chi connectivity index (χ4v) is 3.87. The van der Waals surface area contributed by atoms with E-state index in [4.69, 9.17) is 23.2 Å². The van der Waals surface area contributed by atoms with Crippen LogP contribution in [0.2, 0.25) is 10.0 Å². The Hall–Kier alpha value is -1.53. The molecule has 0 N–H and O–H groups in total. The van der Waals surface area contributed by atoms with Crippen LogP contribution in [-0.2, 0) is 5.41 Å². The van der Waals surface area contributed by atoms with E-state index in [0.29, 0.717) is 16.1 Å². The molecule has 0 bridgehead atoms. The van der Waals surface area contributed by atoms with Crippen LogP contribution in [0.5, 0.6) is 0 Å². The average molecular weight is 403 g/mol. The van der Waals surface area contributed by atoms with E-state index in [-0.39, 0.29) is 5.92 Å². The summed E-state index contributed by atoms with van der Waals surface area (Å²) in [5.41, 5.74) is 1.69. The number of halogens is 2. The highest BCUT2D eigenvalue weighted by Crippen LogP contribution is 2.39. The van der Waals surface area contributed by atoms with Crippen LogP contribution in [0.1, 0.15) is 50.8 Å². The molecule has 2 rings (SSSR count). The Bertz CT molecular complexity index is 783. The van der Waals surface area contributed by atoms with E-state index in [0.717, 1.165) is 24.9 Å². The van der Waals surface area contributed by atoms with Gasteiger partial charge < -0.3 is 0 Å². The first-order valence-electron chi connectivity index (χ1n) is 9.43. The van der Waals surface area contributed by atoms with Gasteiger partial charge in [-0.05, 0) is 62.5 Å². The molecule has 2 nitrogen and oxygen atoms in total. The van der Waals surface area contributed by atoms with Gasteiger partial charge in [0.05, 0.1) is 21.5 Å². The quantitative estimate of drug-likeness (QED) is 0.480. The minimum atomic E-state index is -0.564. The van der Waals surface area contributed by atoms with Gasteiger partial charge in [0.15, 0.2) is 0 Å². The summed E-state index contributed by atoms with van der Waals surface area (Å²) in [4.78, 5) is 2.34. The van der Waals surface area contributed by atoms with Crippen LogP contribution in [0, 0.1) is 17.2 Å². The number of nitrogens with zero attached hydrogens (tertiary/aromatic N) is 2. The molecule has 0 aliphatic rings. The maximum Gasteiger partial charge on any atom is 0.0846 e. The second-order valence-corrected chi connectivity index (χ2v) is 8.35. The minimum Gasteiger partial charge on any atom is -0.300 e. The largest absolute Gasteiger partial charge is 0.300 e. The van der Waals surface area contributed by atoms with Crippen molar-refractivity contribution in [1.29, 1.82) is 5.26 Å². The van der Waals surface area contributed by atoms with Crippen molar-refractivity contribution in [3.05, 3.63) is 69.7 Å². The van der Waals surface area contributed by atoms with Crippen LogP contribution in [0.25, 0.3) is 0 Å². The molecule has 144 valence electrons. The van der Waals surface area contributed by atoms with Gasteiger partial charge in [-0.2, -0.15) is 5.26 Å². The molecule has 2 aromatic rings. The zero-order valence-corrected chi connectivity index (χ0v) is 18.1. The highest BCUT2D eigenvalue weighted by atomic mass is 35.5. The minimum absolute atomic E-state index is 0.177. The molecule has 2 aromatic carbocycles. The predicted molar refractivity (Wildman–Crippen MR) is 115 cm³/mol. The Morgan fingerprint density at radius 3 is 2.26 bits per heavy atom. The van der Waals surface area contributed by atoms with E-state index in [1.54, 1.807) is 6.07 Å². The standard InChI is InChI=1S/C23H28Cl2N2/c1-17(2)23(16-26,20-11-12-21(24)22(25)15-20)13-8-14-27(4)18(3)19-9-6-5-7-10-19/h5-7,9-12,15,17-18H,8,13-14H2,1-4H3. The summed E-state index contributed by atoms with van der Waals surface area (Å²) >= 11 is 12.3. The summed E-state index contributed by atoms with van der Waals surface area (Å²) in [6.45, 7) is 7.34. The highest BCUT2D eigenvalue weighted by molar-refractivity contribution is 6.42. The van der Waals surface area contributed by atoms with Crippen molar-refractivity contribution in [2.75, 3.05) is 13.6 Å². The van der Waals surface area contributed by atoms with Crippen LogP contribution in [-0.4, -0.2) is 18.5 Å². The topological polar surface area (TPSA) is 27.0 Å². The summed E-state index contributed by atoms with van der Waals surface area (Å²) < 4.78 is 0. The van der Waals surface area contributed by atoms with Gasteiger partial charge in [-0.3, -0.25) is 4.90 Å². The molecule has 0 aliphatic heterocycles. The molecule has 0 aromatic heterocycles. The Morgan fingerprint density at radius 1 is 1.04 bits per heavy atom. The average Bonchev–Trinajstić information content (AvgIpc) is 2.67. The molecule has 0 spiro atoms. The Kier molecular flexibility index (Phi) is 7.74. The first kappa shape index (κ1) is 21.8. The Labute approximate surface area is 173 Å². The van der Waals surface area contributed by atoms with Gasteiger partial charge in [-0.15, -0.1) is 0 Å². The van der Waals surface area contributed by atoms with Gasteiger partial charge in [0.25, 0.3) is 0 Å². The molecule has 0 aliphatic carbocycles. The van der Waals surface area contributed by atoms with E-state index in [2.05, 4.69) is 63.1 Å². The fraction of sp³-hybridized carbons (Fsp3) is 0.435. The van der Waals surface area contributed by atoms with E-state index in [9.17, 15) is 5.26 Å². The lowest BCUT2D eigenvalue weighted by Gasteiger charge is -2.33. The van der Waals surface area contributed by atoms with E-state index < -0.39 is 5.41 Å². The van der Waals surface area contributed by atoms with Crippen molar-refractivity contribution in [1.82, 2.24) is 4.90 Å². The zero-order chi connectivity index (χ0) is 20.0. The van der Waals surface area contributed by atoms with Crippen LogP contribution in [0.4, 0.5) is 0 Å². The summed E-state index contributed by atoms with van der Waals surface area (Å²) in [7, 11) is 2.14. The predicted octanol–water partition coefficient (Wildman–Crippen LogP) is 6.88. The monoisotopic (exact) mass is 402 g/mol. The second kappa shape index (κ2) is 9.60. The summed E-state index contributed by atoms with van der Waals surface area (Å²) in [5.74, 6) is 0.177. The molecule has 4 heteroatoms. The normalized spacial score (nSPS) is 14.8. The van der Waals surface area contributed by atoms with Gasteiger partial charge in [-0.25, -0.2) is 0 Å². The van der Waals surface area contributed by atoms with Crippen molar-refractivity contribution in [3.63, 3.8) is 0 Å². The molecular weight excluding hydrogens is 375 g/mol. The van der Waals surface area contributed by atoms with Crippen molar-refractivity contribution in [2.45, 2.75) is 45.1 Å². The molecule has 0 heterocycles. The lowest BCUT2D eigenvalue weighted by Crippen LogP contribution is -2.32. The van der Waals surface area contributed by atoms with Crippen LogP contribution < -0.4 is 0 Å². The zero-order valence-electron chi connectivity index (χ0n) is 16.5. The van der Waals surface area contributed by atoms with Gasteiger partial charge >= 0.3 is 0 Å². The molecule has 2 atom stereocenters. The lowest BCUT2D eigenvalue weighted by atomic mass is 9.70. The summed E-state index contributed by atoms with van der Waals surface area (Å²) in [6.07, 6.45) is 1.71. The first-order valence-corrected chi connectivity index (χ1v) is 10.2. The molecule has 2 unspecified atom stereocenters. The number of benzene rings is 2. The fourth-order valence-electron chi connectivity index (χ4n) is 3.58. The second-order valence-electron chi connectivity index (χ2n) is 7.54. The third kappa shape index (κ3) is 5.05. The molecule has 0 saturated carbocycles. The number of rotatable bonds is 8. The maximum absolute atomic E-state index is 10.1. The van der Waals surface area contributed by atoms with Gasteiger partial charge in [0.2, 0.25) is 0 Å². The van der Waals surface area contributed by atoms with Crippen molar-refractivity contribution in [3.8, 4) is 6.07 Å².